The maximum Gasteiger partial charge on any atom is 0.138 e. The lowest BCUT2D eigenvalue weighted by Gasteiger charge is -2.06. The van der Waals surface area contributed by atoms with E-state index in [1.54, 1.807) is 18.2 Å². The minimum atomic E-state index is -0.123. The predicted octanol–water partition coefficient (Wildman–Crippen LogP) is 0.801. The molecule has 0 radical (unpaired) electrons. The summed E-state index contributed by atoms with van der Waals surface area (Å²) in [4.78, 5) is 0. The van der Waals surface area contributed by atoms with Crippen molar-refractivity contribution < 1.29 is 9.84 Å². The van der Waals surface area contributed by atoms with Crippen LogP contribution in [-0.2, 0) is 0 Å². The Balaban J connectivity index is 3.06. The molecule has 70 valence electrons. The average Bonchev–Trinajstić information content (AvgIpc) is 2.25. The molecule has 0 aliphatic rings. The lowest BCUT2D eigenvalue weighted by Crippen LogP contribution is -2.03. The van der Waals surface area contributed by atoms with Gasteiger partial charge in [-0.2, -0.15) is 10.5 Å². The fraction of sp³-hybridized carbons (Fsp3) is 0.200. The SMILES string of the molecule is N#Cc1cccc(OCCO)c1C#N. The van der Waals surface area contributed by atoms with Crippen LogP contribution in [0.3, 0.4) is 0 Å². The van der Waals surface area contributed by atoms with Gasteiger partial charge < -0.3 is 9.84 Å². The van der Waals surface area contributed by atoms with Crippen molar-refractivity contribution in [1.82, 2.24) is 0 Å². The molecule has 0 saturated carbocycles. The molecule has 0 unspecified atom stereocenters. The standard InChI is InChI=1S/C10H8N2O2/c11-6-8-2-1-3-10(9(8)7-12)14-5-4-13/h1-3,13H,4-5H2. The zero-order valence-corrected chi connectivity index (χ0v) is 7.40. The Labute approximate surface area is 81.6 Å². The van der Waals surface area contributed by atoms with E-state index in [1.807, 2.05) is 12.1 Å². The molecule has 4 heteroatoms. The number of nitrogens with zero attached hydrogens (tertiary/aromatic N) is 2. The Morgan fingerprint density at radius 2 is 2.07 bits per heavy atom. The summed E-state index contributed by atoms with van der Waals surface area (Å²) >= 11 is 0. The fourth-order valence-electron chi connectivity index (χ4n) is 1.02. The van der Waals surface area contributed by atoms with E-state index in [0.29, 0.717) is 5.75 Å². The van der Waals surface area contributed by atoms with Gasteiger partial charge in [0, 0.05) is 0 Å². The molecule has 0 aliphatic heterocycles. The molecule has 4 nitrogen and oxygen atoms in total. The van der Waals surface area contributed by atoms with Gasteiger partial charge in [-0.1, -0.05) is 6.07 Å². The highest BCUT2D eigenvalue weighted by Crippen LogP contribution is 2.20. The van der Waals surface area contributed by atoms with Gasteiger partial charge in [-0.3, -0.25) is 0 Å². The molecule has 0 aliphatic carbocycles. The van der Waals surface area contributed by atoms with E-state index in [0.717, 1.165) is 0 Å². The fourth-order valence-corrected chi connectivity index (χ4v) is 1.02. The molecule has 1 aromatic rings. The van der Waals surface area contributed by atoms with Gasteiger partial charge in [0.25, 0.3) is 0 Å². The van der Waals surface area contributed by atoms with Crippen molar-refractivity contribution in [2.45, 2.75) is 0 Å². The number of benzene rings is 1. The first kappa shape index (κ1) is 10.0. The summed E-state index contributed by atoms with van der Waals surface area (Å²) in [6.07, 6.45) is 0. The molecule has 0 heterocycles. The summed E-state index contributed by atoms with van der Waals surface area (Å²) in [5.74, 6) is 0.334. The van der Waals surface area contributed by atoms with Crippen LogP contribution in [0.5, 0.6) is 5.75 Å². The second-order valence-electron chi connectivity index (χ2n) is 2.47. The maximum atomic E-state index is 8.79. The van der Waals surface area contributed by atoms with Crippen LogP contribution in [0.1, 0.15) is 11.1 Å². The quantitative estimate of drug-likeness (QED) is 0.761. The molecular formula is C10H8N2O2. The number of hydrogen-bond acceptors (Lipinski definition) is 4. The highest BCUT2D eigenvalue weighted by molar-refractivity contribution is 5.53. The number of aliphatic hydroxyl groups is 1. The van der Waals surface area contributed by atoms with Gasteiger partial charge in [-0.05, 0) is 12.1 Å². The zero-order chi connectivity index (χ0) is 10.4. The summed E-state index contributed by atoms with van der Waals surface area (Å²) < 4.78 is 5.10. The minimum Gasteiger partial charge on any atom is -0.490 e. The number of rotatable bonds is 3. The van der Waals surface area contributed by atoms with Crippen molar-refractivity contribution in [2.24, 2.45) is 0 Å². The van der Waals surface area contributed by atoms with Crippen LogP contribution >= 0.6 is 0 Å². The molecule has 0 amide bonds. The van der Waals surface area contributed by atoms with Gasteiger partial charge in [0.15, 0.2) is 0 Å². The number of hydrogen-bond donors (Lipinski definition) is 1. The van der Waals surface area contributed by atoms with E-state index in [9.17, 15) is 0 Å². The Kier molecular flexibility index (Phi) is 3.49. The minimum absolute atomic E-state index is 0.115. The Morgan fingerprint density at radius 1 is 1.29 bits per heavy atom. The molecule has 1 rings (SSSR count). The molecule has 1 aromatic carbocycles. The first-order valence-electron chi connectivity index (χ1n) is 4.00. The first-order chi connectivity index (χ1) is 6.83. The summed E-state index contributed by atoms with van der Waals surface area (Å²) in [6.45, 7) is -0.00872. The van der Waals surface area contributed by atoms with E-state index in [1.165, 1.54) is 0 Å². The summed E-state index contributed by atoms with van der Waals surface area (Å²) in [7, 11) is 0. The van der Waals surface area contributed by atoms with Crippen molar-refractivity contribution in [2.75, 3.05) is 13.2 Å². The van der Waals surface area contributed by atoms with Crippen LogP contribution in [-0.4, -0.2) is 18.3 Å². The van der Waals surface area contributed by atoms with Crippen molar-refractivity contribution in [3.05, 3.63) is 29.3 Å². The van der Waals surface area contributed by atoms with Gasteiger partial charge in [-0.25, -0.2) is 0 Å². The van der Waals surface area contributed by atoms with Crippen molar-refractivity contribution in [3.63, 3.8) is 0 Å². The molecule has 0 atom stereocenters. The third kappa shape index (κ3) is 2.01. The van der Waals surface area contributed by atoms with E-state index in [-0.39, 0.29) is 24.3 Å². The lowest BCUT2D eigenvalue weighted by atomic mass is 10.1. The predicted molar refractivity (Wildman–Crippen MR) is 48.5 cm³/mol. The van der Waals surface area contributed by atoms with Gasteiger partial charge in [0.05, 0.1) is 12.2 Å². The highest BCUT2D eigenvalue weighted by atomic mass is 16.5. The average molecular weight is 188 g/mol. The lowest BCUT2D eigenvalue weighted by molar-refractivity contribution is 0.201. The van der Waals surface area contributed by atoms with E-state index in [2.05, 4.69) is 0 Å². The third-order valence-corrected chi connectivity index (χ3v) is 1.61. The first-order valence-corrected chi connectivity index (χ1v) is 4.00. The van der Waals surface area contributed by atoms with Crippen molar-refractivity contribution in [1.29, 1.82) is 10.5 Å². The molecule has 14 heavy (non-hydrogen) atoms. The van der Waals surface area contributed by atoms with Crippen LogP contribution in [0, 0.1) is 22.7 Å². The van der Waals surface area contributed by atoms with E-state index in [4.69, 9.17) is 20.4 Å². The molecule has 0 aromatic heterocycles. The van der Waals surface area contributed by atoms with Crippen molar-refractivity contribution in [3.8, 4) is 17.9 Å². The van der Waals surface area contributed by atoms with Crippen LogP contribution in [0.15, 0.2) is 18.2 Å². The van der Waals surface area contributed by atoms with Gasteiger partial charge in [0.2, 0.25) is 0 Å². The second-order valence-corrected chi connectivity index (χ2v) is 2.47. The van der Waals surface area contributed by atoms with Crippen LogP contribution in [0.2, 0.25) is 0 Å². The number of aliphatic hydroxyl groups excluding tert-OH is 1. The summed E-state index contributed by atoms with van der Waals surface area (Å²) in [5, 5.41) is 26.0. The van der Waals surface area contributed by atoms with Gasteiger partial charge in [-0.15, -0.1) is 0 Å². The Hall–Kier alpha value is -2.04. The smallest absolute Gasteiger partial charge is 0.138 e. The van der Waals surface area contributed by atoms with Gasteiger partial charge in [0.1, 0.15) is 30.1 Å². The Bertz CT molecular complexity index is 402. The normalized spacial score (nSPS) is 8.79. The Morgan fingerprint density at radius 3 is 2.64 bits per heavy atom. The molecule has 1 N–H and O–H groups in total. The monoisotopic (exact) mass is 188 g/mol. The molecule has 0 saturated heterocycles. The van der Waals surface area contributed by atoms with Crippen LogP contribution < -0.4 is 4.74 Å². The highest BCUT2D eigenvalue weighted by Gasteiger charge is 2.07. The molecule has 0 bridgehead atoms. The van der Waals surface area contributed by atoms with Crippen molar-refractivity contribution >= 4 is 0 Å². The maximum absolute atomic E-state index is 8.79. The molecule has 0 spiro atoms. The molecular weight excluding hydrogens is 180 g/mol. The van der Waals surface area contributed by atoms with E-state index < -0.39 is 0 Å². The third-order valence-electron chi connectivity index (χ3n) is 1.61. The summed E-state index contributed by atoms with van der Waals surface area (Å²) in [5.41, 5.74) is 0.492. The largest absolute Gasteiger partial charge is 0.490 e. The second kappa shape index (κ2) is 4.86. The van der Waals surface area contributed by atoms with Crippen LogP contribution in [0.4, 0.5) is 0 Å². The van der Waals surface area contributed by atoms with E-state index >= 15 is 0 Å². The summed E-state index contributed by atoms with van der Waals surface area (Å²) in [6, 6.07) is 8.56. The topological polar surface area (TPSA) is 77.0 Å². The zero-order valence-electron chi connectivity index (χ0n) is 7.40. The number of ether oxygens (including phenoxy) is 1. The molecule has 0 fully saturated rings. The number of nitriles is 2. The van der Waals surface area contributed by atoms with Gasteiger partial charge >= 0.3 is 0 Å². The van der Waals surface area contributed by atoms with Crippen LogP contribution in [0.25, 0.3) is 0 Å².